The summed E-state index contributed by atoms with van der Waals surface area (Å²) in [5, 5.41) is 0. The summed E-state index contributed by atoms with van der Waals surface area (Å²) < 4.78 is 18.7. The van der Waals surface area contributed by atoms with Gasteiger partial charge in [0.15, 0.2) is 0 Å². The van der Waals surface area contributed by atoms with Crippen molar-refractivity contribution < 1.29 is 13.9 Å². The molecule has 0 aliphatic carbocycles. The zero-order chi connectivity index (χ0) is 13.8. The zero-order valence-corrected chi connectivity index (χ0v) is 12.3. The molecule has 1 aromatic carbocycles. The van der Waals surface area contributed by atoms with E-state index < -0.39 is 5.97 Å². The fourth-order valence-corrected chi connectivity index (χ4v) is 2.19. The van der Waals surface area contributed by atoms with Crippen molar-refractivity contribution >= 4 is 28.6 Å². The number of aromatic nitrogens is 1. The van der Waals surface area contributed by atoms with Gasteiger partial charge in [0, 0.05) is 16.2 Å². The van der Waals surface area contributed by atoms with E-state index in [1.807, 2.05) is 0 Å². The summed E-state index contributed by atoms with van der Waals surface area (Å²) >= 11 is 2.08. The molecule has 1 heterocycles. The molecule has 5 heteroatoms. The SMILES string of the molecule is COC(=O)c1cc(I)cnc1Cc1cccc(F)c1. The van der Waals surface area contributed by atoms with Gasteiger partial charge in [-0.25, -0.2) is 9.18 Å². The van der Waals surface area contributed by atoms with Gasteiger partial charge >= 0.3 is 5.97 Å². The van der Waals surface area contributed by atoms with Gasteiger partial charge in [-0.3, -0.25) is 4.98 Å². The number of nitrogens with zero attached hydrogens (tertiary/aromatic N) is 1. The number of rotatable bonds is 3. The topological polar surface area (TPSA) is 39.2 Å². The Morgan fingerprint density at radius 1 is 1.42 bits per heavy atom. The Morgan fingerprint density at radius 3 is 2.89 bits per heavy atom. The standard InChI is InChI=1S/C14H11FINO2/c1-19-14(18)12-7-11(16)8-17-13(12)6-9-3-2-4-10(15)5-9/h2-5,7-8H,6H2,1H3. The highest BCUT2D eigenvalue weighted by Gasteiger charge is 2.14. The lowest BCUT2D eigenvalue weighted by Crippen LogP contribution is -2.08. The summed E-state index contributed by atoms with van der Waals surface area (Å²) in [6.07, 6.45) is 2.06. The van der Waals surface area contributed by atoms with E-state index in [0.29, 0.717) is 17.7 Å². The third kappa shape index (κ3) is 3.50. The largest absolute Gasteiger partial charge is 0.465 e. The van der Waals surface area contributed by atoms with E-state index in [0.717, 1.165) is 9.13 Å². The quantitative estimate of drug-likeness (QED) is 0.615. The third-order valence-electron chi connectivity index (χ3n) is 2.60. The second-order valence-corrected chi connectivity index (χ2v) is 5.19. The Balaban J connectivity index is 2.37. The van der Waals surface area contributed by atoms with Gasteiger partial charge in [-0.05, 0) is 46.4 Å². The van der Waals surface area contributed by atoms with Crippen molar-refractivity contribution in [1.82, 2.24) is 4.98 Å². The molecule has 0 atom stereocenters. The smallest absolute Gasteiger partial charge is 0.339 e. The lowest BCUT2D eigenvalue weighted by molar-refractivity contribution is 0.0599. The molecule has 0 aliphatic rings. The van der Waals surface area contributed by atoms with Crippen molar-refractivity contribution in [2.24, 2.45) is 0 Å². The highest BCUT2D eigenvalue weighted by molar-refractivity contribution is 14.1. The molecule has 2 rings (SSSR count). The lowest BCUT2D eigenvalue weighted by atomic mass is 10.1. The van der Waals surface area contributed by atoms with Gasteiger partial charge < -0.3 is 4.74 Å². The second-order valence-electron chi connectivity index (χ2n) is 3.95. The van der Waals surface area contributed by atoms with E-state index >= 15 is 0 Å². The number of benzene rings is 1. The molecular formula is C14H11FINO2. The number of esters is 1. The van der Waals surface area contributed by atoms with Crippen LogP contribution in [0.2, 0.25) is 0 Å². The molecule has 0 aliphatic heterocycles. The molecule has 0 spiro atoms. The minimum atomic E-state index is -0.433. The molecule has 0 saturated carbocycles. The van der Waals surface area contributed by atoms with E-state index in [2.05, 4.69) is 27.6 Å². The first-order valence-electron chi connectivity index (χ1n) is 5.57. The molecule has 19 heavy (non-hydrogen) atoms. The highest BCUT2D eigenvalue weighted by Crippen LogP contribution is 2.16. The first kappa shape index (κ1) is 13.9. The van der Waals surface area contributed by atoms with Crippen LogP contribution in [0.5, 0.6) is 0 Å². The number of hydrogen-bond donors (Lipinski definition) is 0. The summed E-state index contributed by atoms with van der Waals surface area (Å²) in [5.74, 6) is -0.736. The number of pyridine rings is 1. The van der Waals surface area contributed by atoms with Crippen LogP contribution in [0.3, 0.4) is 0 Å². The van der Waals surface area contributed by atoms with Crippen LogP contribution in [0.25, 0.3) is 0 Å². The first-order chi connectivity index (χ1) is 9.10. The van der Waals surface area contributed by atoms with Crippen LogP contribution in [0.1, 0.15) is 21.6 Å². The van der Waals surface area contributed by atoms with Gasteiger partial charge in [0.25, 0.3) is 0 Å². The average molecular weight is 371 g/mol. The molecule has 98 valence electrons. The molecule has 0 fully saturated rings. The lowest BCUT2D eigenvalue weighted by Gasteiger charge is -2.07. The Morgan fingerprint density at radius 2 is 2.21 bits per heavy atom. The predicted octanol–water partition coefficient (Wildman–Crippen LogP) is 3.20. The monoisotopic (exact) mass is 371 g/mol. The van der Waals surface area contributed by atoms with Crippen molar-refractivity contribution in [1.29, 1.82) is 0 Å². The Hall–Kier alpha value is -1.50. The third-order valence-corrected chi connectivity index (χ3v) is 3.19. The van der Waals surface area contributed by atoms with Gasteiger partial charge in [-0.1, -0.05) is 12.1 Å². The Kier molecular flexibility index (Phi) is 4.47. The minimum Gasteiger partial charge on any atom is -0.465 e. The minimum absolute atomic E-state index is 0.303. The molecule has 1 aromatic heterocycles. The fourth-order valence-electron chi connectivity index (χ4n) is 1.74. The van der Waals surface area contributed by atoms with E-state index in [4.69, 9.17) is 4.74 Å². The number of carbonyl (C=O) groups is 1. The van der Waals surface area contributed by atoms with Gasteiger partial charge in [0.05, 0.1) is 18.4 Å². The molecule has 2 aromatic rings. The normalized spacial score (nSPS) is 10.3. The molecule has 0 amide bonds. The van der Waals surface area contributed by atoms with Crippen LogP contribution in [-0.4, -0.2) is 18.1 Å². The molecule has 0 unspecified atom stereocenters. The van der Waals surface area contributed by atoms with Gasteiger partial charge in [-0.2, -0.15) is 0 Å². The Bertz CT molecular complexity index is 616. The van der Waals surface area contributed by atoms with Crippen LogP contribution >= 0.6 is 22.6 Å². The average Bonchev–Trinajstić information content (AvgIpc) is 2.40. The molecule has 3 nitrogen and oxygen atoms in total. The van der Waals surface area contributed by atoms with E-state index in [1.165, 1.54) is 19.2 Å². The van der Waals surface area contributed by atoms with Crippen LogP contribution in [0.15, 0.2) is 36.5 Å². The van der Waals surface area contributed by atoms with Gasteiger partial charge in [0.2, 0.25) is 0 Å². The zero-order valence-electron chi connectivity index (χ0n) is 10.2. The van der Waals surface area contributed by atoms with E-state index in [9.17, 15) is 9.18 Å². The maximum Gasteiger partial charge on any atom is 0.339 e. The van der Waals surface area contributed by atoms with E-state index in [-0.39, 0.29) is 5.82 Å². The predicted molar refractivity (Wildman–Crippen MR) is 77.5 cm³/mol. The second kappa shape index (κ2) is 6.10. The number of ether oxygens (including phenoxy) is 1. The molecular weight excluding hydrogens is 360 g/mol. The van der Waals surface area contributed by atoms with Crippen molar-refractivity contribution in [3.63, 3.8) is 0 Å². The first-order valence-corrected chi connectivity index (χ1v) is 6.65. The van der Waals surface area contributed by atoms with Crippen molar-refractivity contribution in [2.45, 2.75) is 6.42 Å². The molecule has 0 saturated heterocycles. The Labute approximate surface area is 124 Å². The number of carbonyl (C=O) groups excluding carboxylic acids is 1. The van der Waals surface area contributed by atoms with Crippen LogP contribution in [0.4, 0.5) is 4.39 Å². The van der Waals surface area contributed by atoms with Gasteiger partial charge in [0.1, 0.15) is 5.82 Å². The van der Waals surface area contributed by atoms with E-state index in [1.54, 1.807) is 24.4 Å². The molecule has 0 bridgehead atoms. The van der Waals surface area contributed by atoms with Crippen LogP contribution in [-0.2, 0) is 11.2 Å². The number of hydrogen-bond acceptors (Lipinski definition) is 3. The van der Waals surface area contributed by atoms with Crippen molar-refractivity contribution in [2.75, 3.05) is 7.11 Å². The molecule has 0 radical (unpaired) electrons. The maximum absolute atomic E-state index is 13.1. The molecule has 0 N–H and O–H groups in total. The number of methoxy groups -OCH3 is 1. The summed E-state index contributed by atoms with van der Waals surface area (Å²) in [5.41, 5.74) is 1.76. The maximum atomic E-state index is 13.1. The summed E-state index contributed by atoms with van der Waals surface area (Å²) in [6.45, 7) is 0. The fraction of sp³-hybridized carbons (Fsp3) is 0.143. The van der Waals surface area contributed by atoms with Crippen molar-refractivity contribution in [3.05, 3.63) is 62.7 Å². The van der Waals surface area contributed by atoms with Crippen LogP contribution < -0.4 is 0 Å². The van der Waals surface area contributed by atoms with Gasteiger partial charge in [-0.15, -0.1) is 0 Å². The van der Waals surface area contributed by atoms with Crippen LogP contribution in [0, 0.1) is 9.39 Å². The summed E-state index contributed by atoms with van der Waals surface area (Å²) in [7, 11) is 1.33. The highest BCUT2D eigenvalue weighted by atomic mass is 127. The summed E-state index contributed by atoms with van der Waals surface area (Å²) in [6, 6.07) is 7.96. The summed E-state index contributed by atoms with van der Waals surface area (Å²) in [4.78, 5) is 15.9. The number of halogens is 2. The van der Waals surface area contributed by atoms with Crippen molar-refractivity contribution in [3.8, 4) is 0 Å².